The molecule has 10 rings (SSSR count). The van der Waals surface area contributed by atoms with Crippen LogP contribution >= 0.6 is 0 Å². The molecule has 44 radical (unpaired) electrons. The fourth-order valence-electron chi connectivity index (χ4n) is 9.79. The van der Waals surface area contributed by atoms with Crippen LogP contribution in [0.4, 0.5) is 17.1 Å². The zero-order valence-electron chi connectivity index (χ0n) is 33.8. The van der Waals surface area contributed by atoms with Gasteiger partial charge >= 0.3 is 0 Å². The normalized spacial score (nSPS) is 12.8. The molecule has 4 heterocycles. The first-order valence-electron chi connectivity index (χ1n) is 19.1. The van der Waals surface area contributed by atoms with Gasteiger partial charge in [0.1, 0.15) is 178 Å². The summed E-state index contributed by atoms with van der Waals surface area (Å²) in [6.07, 6.45) is 0. The van der Waals surface area contributed by atoms with E-state index in [9.17, 15) is 0 Å². The highest BCUT2D eigenvalue weighted by atomic mass is 15.2. The Morgan fingerprint density at radius 1 is 0.312 bits per heavy atom. The molecule has 3 nitrogen and oxygen atoms in total. The van der Waals surface area contributed by atoms with Gasteiger partial charge in [0, 0.05) is 28.3 Å². The molecule has 6 aromatic carbocycles. The van der Waals surface area contributed by atoms with Crippen LogP contribution in [0.2, 0.25) is 0 Å². The number of nitrogens with zero attached hydrogens (tertiary/aromatic N) is 3. The van der Waals surface area contributed by atoms with Crippen molar-refractivity contribution in [3.63, 3.8) is 0 Å². The molecule has 0 atom stereocenters. The Morgan fingerprint density at radius 3 is 1.23 bits per heavy atom. The van der Waals surface area contributed by atoms with Gasteiger partial charge in [0.15, 0.2) is 0 Å². The first kappa shape index (κ1) is 43.8. The van der Waals surface area contributed by atoms with Gasteiger partial charge in [-0.05, 0) is 39.6 Å². The Labute approximate surface area is 400 Å². The number of hydrogen-bond acceptors (Lipinski definition) is 1. The third kappa shape index (κ3) is 5.10. The van der Waals surface area contributed by atoms with Crippen molar-refractivity contribution >= 4 is 361 Å². The lowest BCUT2D eigenvalue weighted by molar-refractivity contribution is 1.15. The van der Waals surface area contributed by atoms with E-state index in [-0.39, 0.29) is 148 Å². The molecule has 0 saturated carbocycles. The topological polar surface area (TPSA) is 12.6 Å². The highest BCUT2D eigenvalue weighted by molar-refractivity contribution is 7.04. The summed E-state index contributed by atoms with van der Waals surface area (Å²) in [4.78, 5) is 1.60. The first-order chi connectivity index (χ1) is 30.0. The molecule has 0 N–H and O–H groups in total. The molecule has 238 valence electrons. The summed E-state index contributed by atoms with van der Waals surface area (Å²) >= 11 is 0. The number of fused-ring (bicyclic) bond motifs is 10. The highest BCUT2D eigenvalue weighted by Gasteiger charge is 2.47. The SMILES string of the molecule is [B]c1c([B])c([B])c(-c2cc3c4c(c2)-n2c5c([B])c([B])c([B])c([B])c5n5c6c([B])c([B])c([B])c([B])c6c(c25)B4c2c([B])c([B])c([B])c([B])c2N3c2c([B])c([B])c([B])c([B])c2[B])c([B])c1[B]. The fraction of sp³-hybridized carbons (Fsp3) is 0. The van der Waals surface area contributed by atoms with E-state index in [1.165, 1.54) is 0 Å². The van der Waals surface area contributed by atoms with Crippen molar-refractivity contribution in [1.82, 2.24) is 8.97 Å². The minimum absolute atomic E-state index is 0.00258. The van der Waals surface area contributed by atoms with E-state index in [0.717, 1.165) is 0 Å². The zero-order valence-corrected chi connectivity index (χ0v) is 33.8. The summed E-state index contributed by atoms with van der Waals surface area (Å²) in [7, 11) is 148. The van der Waals surface area contributed by atoms with Crippen molar-refractivity contribution < 1.29 is 0 Å². The van der Waals surface area contributed by atoms with Crippen LogP contribution in [-0.2, 0) is 0 Å². The van der Waals surface area contributed by atoms with E-state index in [1.54, 1.807) is 26.0 Å². The zero-order chi connectivity index (χ0) is 46.5. The number of anilines is 3. The van der Waals surface area contributed by atoms with E-state index in [2.05, 4.69) is 0 Å². The van der Waals surface area contributed by atoms with Gasteiger partial charge in [-0.3, -0.25) is 8.97 Å². The van der Waals surface area contributed by atoms with E-state index in [0.29, 0.717) is 49.9 Å². The minimum atomic E-state index is -0.996. The summed E-state index contributed by atoms with van der Waals surface area (Å²) in [5.41, 5.74) is 3.33. The molecular formula is C38H2B23N3. The van der Waals surface area contributed by atoms with Crippen molar-refractivity contribution in [3.8, 4) is 16.8 Å². The maximum Gasteiger partial charge on any atom is 0.254 e. The third-order valence-electron chi connectivity index (χ3n) is 13.1. The van der Waals surface area contributed by atoms with Crippen molar-refractivity contribution in [2.75, 3.05) is 4.90 Å². The molecule has 26 heteroatoms. The van der Waals surface area contributed by atoms with Crippen molar-refractivity contribution in [3.05, 3.63) is 12.1 Å². The van der Waals surface area contributed by atoms with Gasteiger partial charge in [-0.1, -0.05) is 54.6 Å². The average molecular weight is 749 g/mol. The molecule has 2 aliphatic heterocycles. The molecular weight excluding hydrogens is 747 g/mol. The van der Waals surface area contributed by atoms with Crippen molar-refractivity contribution in [2.45, 2.75) is 0 Å². The molecule has 0 amide bonds. The number of hydrogen-bond donors (Lipinski definition) is 0. The summed E-state index contributed by atoms with van der Waals surface area (Å²) in [6.45, 7) is -0.996. The quantitative estimate of drug-likeness (QED) is 0.160. The number of rotatable bonds is 2. The molecule has 8 aromatic rings. The summed E-state index contributed by atoms with van der Waals surface area (Å²) in [5.74, 6) is 0. The molecule has 2 aromatic heterocycles. The molecule has 2 aliphatic rings. The lowest BCUT2D eigenvalue weighted by Crippen LogP contribution is -2.70. The summed E-state index contributed by atoms with van der Waals surface area (Å²) < 4.78 is 3.54. The molecule has 64 heavy (non-hydrogen) atoms. The number of imidazole rings is 1. The monoisotopic (exact) mass is 753 g/mol. The second-order valence-electron chi connectivity index (χ2n) is 16.1. The Kier molecular flexibility index (Phi) is 9.75. The number of benzene rings is 6. The standard InChI is InChI=1S/C38H2B23N3/c39-8-6(9(40)12(43)14(45)11(8)42)3-1-4-30-5(2-3)63-36-28(59)21(52)22(53)29(60)37(36)64-33-7(10(41)13(44)17(48)24(33)55)31(38(63)64)61(30)32-23(54)16(47)20(51)27(58)35(32)62(4)34-25(56)18(49)15(46)19(50)26(34)57/h1-2H. The van der Waals surface area contributed by atoms with E-state index in [1.807, 2.05) is 0 Å². The van der Waals surface area contributed by atoms with Crippen LogP contribution in [0.3, 0.4) is 0 Å². The third-order valence-corrected chi connectivity index (χ3v) is 13.1. The smallest absolute Gasteiger partial charge is 0.254 e. The summed E-state index contributed by atoms with van der Waals surface area (Å²) in [5, 5.41) is 0.356. The van der Waals surface area contributed by atoms with E-state index < -0.39 is 6.71 Å². The van der Waals surface area contributed by atoms with Crippen LogP contribution in [-0.4, -0.2) is 188 Å². The molecule has 0 aliphatic carbocycles. The van der Waals surface area contributed by atoms with Gasteiger partial charge in [-0.15, -0.1) is 71.0 Å². The minimum Gasteiger partial charge on any atom is -0.313 e. The van der Waals surface area contributed by atoms with Crippen molar-refractivity contribution in [2.24, 2.45) is 0 Å². The lowest BCUT2D eigenvalue weighted by Gasteiger charge is -2.45. The van der Waals surface area contributed by atoms with Crippen LogP contribution in [0.1, 0.15) is 0 Å². The first-order valence-corrected chi connectivity index (χ1v) is 19.1. The fourth-order valence-corrected chi connectivity index (χ4v) is 9.79. The van der Waals surface area contributed by atoms with Crippen LogP contribution in [0.15, 0.2) is 12.1 Å². The largest absolute Gasteiger partial charge is 0.313 e. The van der Waals surface area contributed by atoms with Crippen LogP contribution < -0.4 is 141 Å². The Morgan fingerprint density at radius 2 is 0.703 bits per heavy atom. The molecule has 0 unspecified atom stereocenters. The second-order valence-corrected chi connectivity index (χ2v) is 16.1. The second kappa shape index (κ2) is 14.2. The predicted octanol–water partition coefficient (Wildman–Crippen LogP) is -19.2. The number of aromatic nitrogens is 2. The molecule has 0 bridgehead atoms. The molecule has 0 saturated heterocycles. The average Bonchev–Trinajstić information content (AvgIpc) is 3.81. The van der Waals surface area contributed by atoms with E-state index >= 15 is 0 Å². The van der Waals surface area contributed by atoms with Crippen LogP contribution in [0.5, 0.6) is 0 Å². The lowest BCUT2D eigenvalue weighted by atomic mass is 9.31. The van der Waals surface area contributed by atoms with Crippen LogP contribution in [0, 0.1) is 0 Å². The van der Waals surface area contributed by atoms with Gasteiger partial charge in [-0.25, -0.2) is 0 Å². The van der Waals surface area contributed by atoms with E-state index in [4.69, 9.17) is 173 Å². The van der Waals surface area contributed by atoms with Gasteiger partial charge in [-0.2, -0.15) is 0 Å². The molecule has 0 spiro atoms. The Balaban J connectivity index is 1.58. The molecule has 0 fully saturated rings. The van der Waals surface area contributed by atoms with Gasteiger partial charge < -0.3 is 4.90 Å². The highest BCUT2D eigenvalue weighted by Crippen LogP contribution is 2.40. The maximum atomic E-state index is 7.15. The van der Waals surface area contributed by atoms with Gasteiger partial charge in [0.2, 0.25) is 0 Å². The Hall–Kier alpha value is -4.05. The predicted molar refractivity (Wildman–Crippen MR) is 295 cm³/mol. The van der Waals surface area contributed by atoms with Gasteiger partial charge in [0.25, 0.3) is 6.71 Å². The summed E-state index contributed by atoms with van der Waals surface area (Å²) in [6, 6.07) is 3.48. The van der Waals surface area contributed by atoms with Gasteiger partial charge in [0.05, 0.1) is 11.0 Å². The van der Waals surface area contributed by atoms with Crippen molar-refractivity contribution in [1.29, 1.82) is 0 Å². The van der Waals surface area contributed by atoms with Crippen LogP contribution in [0.25, 0.3) is 44.4 Å². The maximum absolute atomic E-state index is 7.15. The Bertz CT molecular complexity index is 3550.